The van der Waals surface area contributed by atoms with Gasteiger partial charge >= 0.3 is 0 Å². The summed E-state index contributed by atoms with van der Waals surface area (Å²) >= 11 is 0. The van der Waals surface area contributed by atoms with Gasteiger partial charge in [-0.15, -0.1) is 0 Å². The number of amides is 1. The van der Waals surface area contributed by atoms with Crippen molar-refractivity contribution in [3.63, 3.8) is 0 Å². The van der Waals surface area contributed by atoms with Crippen molar-refractivity contribution in [2.24, 2.45) is 0 Å². The summed E-state index contributed by atoms with van der Waals surface area (Å²) in [6, 6.07) is 13.6. The first-order valence-electron chi connectivity index (χ1n) is 9.32. The lowest BCUT2D eigenvalue weighted by Crippen LogP contribution is -2.47. The molecule has 1 amide bonds. The first-order valence-corrected chi connectivity index (χ1v) is 9.32. The van der Waals surface area contributed by atoms with Crippen LogP contribution in [0, 0.1) is 10.1 Å². The third kappa shape index (κ3) is 3.82. The Morgan fingerprint density at radius 3 is 2.52 bits per heavy atom. The van der Waals surface area contributed by atoms with Crippen LogP contribution in [0.5, 0.6) is 11.5 Å². The predicted molar refractivity (Wildman–Crippen MR) is 111 cm³/mol. The number of hydrogen-bond donors (Lipinski definition) is 1. The number of benzene rings is 2. The average Bonchev–Trinajstić information content (AvgIpc) is 3.22. The number of non-ortho nitro benzene ring substituents is 1. The van der Waals surface area contributed by atoms with Gasteiger partial charge in [0.25, 0.3) is 17.2 Å². The van der Waals surface area contributed by atoms with Gasteiger partial charge in [0.15, 0.2) is 11.5 Å². The Hall–Kier alpha value is -4.21. The molecule has 3 aromatic rings. The van der Waals surface area contributed by atoms with Crippen molar-refractivity contribution in [2.75, 3.05) is 12.1 Å². The van der Waals surface area contributed by atoms with Crippen LogP contribution in [0.2, 0.25) is 0 Å². The fourth-order valence-corrected chi connectivity index (χ4v) is 3.07. The van der Waals surface area contributed by atoms with E-state index in [1.165, 1.54) is 30.3 Å². The molecule has 2 heterocycles. The molecule has 0 atom stereocenters. The largest absolute Gasteiger partial charge is 0.454 e. The zero-order valence-electron chi connectivity index (χ0n) is 16.7. The summed E-state index contributed by atoms with van der Waals surface area (Å²) in [4.78, 5) is 35.7. The Morgan fingerprint density at radius 1 is 1.10 bits per heavy atom. The normalized spacial score (nSPS) is 12.5. The molecule has 0 aliphatic carbocycles. The molecule has 1 aliphatic heterocycles. The van der Waals surface area contributed by atoms with Gasteiger partial charge in [-0.3, -0.25) is 19.7 Å². The zero-order chi connectivity index (χ0) is 22.2. The van der Waals surface area contributed by atoms with Crippen LogP contribution >= 0.6 is 0 Å². The van der Waals surface area contributed by atoms with Crippen molar-refractivity contribution in [3.05, 3.63) is 75.1 Å². The van der Waals surface area contributed by atoms with Crippen LogP contribution in [0.1, 0.15) is 13.8 Å². The molecule has 0 saturated heterocycles. The third-order valence-corrected chi connectivity index (χ3v) is 4.89. The molecule has 0 radical (unpaired) electrons. The fourth-order valence-electron chi connectivity index (χ4n) is 3.07. The minimum absolute atomic E-state index is 0.0911. The number of nitro benzene ring substituents is 1. The number of aromatic nitrogens is 2. The van der Waals surface area contributed by atoms with E-state index in [-0.39, 0.29) is 12.5 Å². The van der Waals surface area contributed by atoms with E-state index < -0.39 is 21.9 Å². The molecule has 31 heavy (non-hydrogen) atoms. The van der Waals surface area contributed by atoms with Gasteiger partial charge in [-0.2, -0.15) is 5.10 Å². The van der Waals surface area contributed by atoms with Crippen molar-refractivity contribution in [1.29, 1.82) is 0 Å². The highest BCUT2D eigenvalue weighted by Gasteiger charge is 2.32. The van der Waals surface area contributed by atoms with Gasteiger partial charge < -0.3 is 14.8 Å². The highest BCUT2D eigenvalue weighted by atomic mass is 16.7. The lowest BCUT2D eigenvalue weighted by Gasteiger charge is -2.25. The Kier molecular flexibility index (Phi) is 4.90. The summed E-state index contributed by atoms with van der Waals surface area (Å²) in [5, 5.41) is 17.9. The van der Waals surface area contributed by atoms with Gasteiger partial charge in [-0.1, -0.05) is 0 Å². The topological polar surface area (TPSA) is 126 Å². The van der Waals surface area contributed by atoms with E-state index in [1.54, 1.807) is 38.1 Å². The van der Waals surface area contributed by atoms with Crippen molar-refractivity contribution in [2.45, 2.75) is 19.4 Å². The van der Waals surface area contributed by atoms with Crippen LogP contribution in [-0.2, 0) is 10.3 Å². The van der Waals surface area contributed by atoms with Gasteiger partial charge in [0.2, 0.25) is 6.79 Å². The number of carbonyl (C=O) groups is 1. The number of rotatable bonds is 5. The molecule has 2 aromatic carbocycles. The SMILES string of the molecule is CC(C)(C(=O)Nc1ccc([N+](=O)[O-])cc1)n1nc(-c2ccc3c(c2)OCO3)ccc1=O. The fraction of sp³-hybridized carbons (Fsp3) is 0.190. The number of anilines is 1. The molecule has 1 aromatic heterocycles. The van der Waals surface area contributed by atoms with Gasteiger partial charge in [0.1, 0.15) is 5.54 Å². The van der Waals surface area contributed by atoms with E-state index in [4.69, 9.17) is 9.47 Å². The lowest BCUT2D eigenvalue weighted by atomic mass is 10.0. The second kappa shape index (κ2) is 7.56. The van der Waals surface area contributed by atoms with Crippen molar-refractivity contribution in [1.82, 2.24) is 9.78 Å². The summed E-state index contributed by atoms with van der Waals surface area (Å²) in [7, 11) is 0. The summed E-state index contributed by atoms with van der Waals surface area (Å²) in [6.45, 7) is 3.26. The molecule has 10 nitrogen and oxygen atoms in total. The van der Waals surface area contributed by atoms with Crippen LogP contribution in [0.3, 0.4) is 0 Å². The zero-order valence-corrected chi connectivity index (χ0v) is 16.7. The smallest absolute Gasteiger partial charge is 0.269 e. The molecular formula is C21H18N4O6. The highest BCUT2D eigenvalue weighted by molar-refractivity contribution is 5.96. The Morgan fingerprint density at radius 2 is 1.81 bits per heavy atom. The number of nitrogens with zero attached hydrogens (tertiary/aromatic N) is 3. The maximum atomic E-state index is 12.9. The molecule has 0 spiro atoms. The average molecular weight is 422 g/mol. The lowest BCUT2D eigenvalue weighted by molar-refractivity contribution is -0.384. The number of nitrogens with one attached hydrogen (secondary N) is 1. The monoisotopic (exact) mass is 422 g/mol. The van der Waals surface area contributed by atoms with Crippen LogP contribution in [-0.4, -0.2) is 27.4 Å². The molecule has 4 rings (SSSR count). The molecule has 1 aliphatic rings. The van der Waals surface area contributed by atoms with E-state index in [1.807, 2.05) is 0 Å². The van der Waals surface area contributed by atoms with Crippen molar-refractivity contribution >= 4 is 17.3 Å². The Labute approximate surface area is 176 Å². The Bertz CT molecular complexity index is 1230. The van der Waals surface area contributed by atoms with E-state index in [2.05, 4.69) is 10.4 Å². The maximum absolute atomic E-state index is 12.9. The molecular weight excluding hydrogens is 404 g/mol. The standard InChI is InChI=1S/C21H18N4O6/c1-21(2,20(27)22-14-4-6-15(7-5-14)25(28)29)24-19(26)10-8-16(23-24)13-3-9-17-18(11-13)31-12-30-17/h3-11H,12H2,1-2H3,(H,22,27). The van der Waals surface area contributed by atoms with Gasteiger partial charge in [-0.05, 0) is 50.2 Å². The molecule has 158 valence electrons. The molecule has 1 N–H and O–H groups in total. The van der Waals surface area contributed by atoms with Gasteiger partial charge in [0, 0.05) is 29.4 Å². The van der Waals surface area contributed by atoms with Crippen LogP contribution < -0.4 is 20.3 Å². The first kappa shape index (κ1) is 20.1. The number of fused-ring (bicyclic) bond motifs is 1. The van der Waals surface area contributed by atoms with Gasteiger partial charge in [0.05, 0.1) is 10.6 Å². The van der Waals surface area contributed by atoms with Crippen LogP contribution in [0.4, 0.5) is 11.4 Å². The van der Waals surface area contributed by atoms with Crippen molar-refractivity contribution in [3.8, 4) is 22.8 Å². The predicted octanol–water partition coefficient (Wildman–Crippen LogP) is 2.92. The number of carbonyl (C=O) groups excluding carboxylic acids is 1. The molecule has 0 fully saturated rings. The summed E-state index contributed by atoms with van der Waals surface area (Å²) in [5.41, 5.74) is -0.340. The second-order valence-electron chi connectivity index (χ2n) is 7.35. The summed E-state index contributed by atoms with van der Waals surface area (Å²) < 4.78 is 11.8. The van der Waals surface area contributed by atoms with E-state index in [0.29, 0.717) is 28.4 Å². The molecule has 0 bridgehead atoms. The second-order valence-corrected chi connectivity index (χ2v) is 7.35. The quantitative estimate of drug-likeness (QED) is 0.495. The van der Waals surface area contributed by atoms with Crippen LogP contribution in [0.25, 0.3) is 11.3 Å². The number of ether oxygens (including phenoxy) is 2. The maximum Gasteiger partial charge on any atom is 0.269 e. The number of nitro groups is 1. The van der Waals surface area contributed by atoms with Crippen molar-refractivity contribution < 1.29 is 19.2 Å². The van der Waals surface area contributed by atoms with E-state index in [9.17, 15) is 19.7 Å². The first-order chi connectivity index (χ1) is 14.8. The highest BCUT2D eigenvalue weighted by Crippen LogP contribution is 2.35. The third-order valence-electron chi connectivity index (χ3n) is 4.89. The molecule has 0 saturated carbocycles. The number of hydrogen-bond acceptors (Lipinski definition) is 7. The minimum atomic E-state index is -1.34. The van der Waals surface area contributed by atoms with Gasteiger partial charge in [-0.25, -0.2) is 4.68 Å². The summed E-state index contributed by atoms with van der Waals surface area (Å²) in [5.74, 6) is 0.700. The molecule has 10 heteroatoms. The van der Waals surface area contributed by atoms with Crippen LogP contribution in [0.15, 0.2) is 59.4 Å². The molecule has 0 unspecified atom stereocenters. The van der Waals surface area contributed by atoms with E-state index >= 15 is 0 Å². The van der Waals surface area contributed by atoms with E-state index in [0.717, 1.165) is 4.68 Å². The minimum Gasteiger partial charge on any atom is -0.454 e. The summed E-state index contributed by atoms with van der Waals surface area (Å²) in [6.07, 6.45) is 0. The Balaban J connectivity index is 1.62.